The van der Waals surface area contributed by atoms with Crippen molar-refractivity contribution in [1.82, 2.24) is 9.78 Å². The minimum absolute atomic E-state index is 0.0389. The predicted molar refractivity (Wildman–Crippen MR) is 85.3 cm³/mol. The highest BCUT2D eigenvalue weighted by molar-refractivity contribution is 6.33. The van der Waals surface area contributed by atoms with E-state index in [4.69, 9.17) is 11.6 Å². The number of rotatable bonds is 3. The first-order valence-corrected chi connectivity index (χ1v) is 7.30. The van der Waals surface area contributed by atoms with Crippen LogP contribution in [0.4, 0.5) is 11.4 Å². The van der Waals surface area contributed by atoms with Crippen LogP contribution >= 0.6 is 11.6 Å². The van der Waals surface area contributed by atoms with Gasteiger partial charge >= 0.3 is 0 Å². The van der Waals surface area contributed by atoms with Gasteiger partial charge in [0.2, 0.25) is 5.91 Å². The molecule has 1 aliphatic heterocycles. The number of carbonyl (C=O) groups is 1. The van der Waals surface area contributed by atoms with Gasteiger partial charge in [-0.15, -0.1) is 0 Å². The molecule has 0 bridgehead atoms. The molecule has 2 aromatic rings. The zero-order chi connectivity index (χ0) is 15.7. The Kier molecular flexibility index (Phi) is 3.85. The second-order valence-corrected chi connectivity index (χ2v) is 5.49. The predicted octanol–water partition coefficient (Wildman–Crippen LogP) is 1.65. The van der Waals surface area contributed by atoms with Crippen molar-refractivity contribution in [2.75, 3.05) is 16.8 Å². The molecule has 22 heavy (non-hydrogen) atoms. The molecule has 0 saturated carbocycles. The number of anilines is 2. The van der Waals surface area contributed by atoms with E-state index in [1.165, 1.54) is 13.2 Å². The summed E-state index contributed by atoms with van der Waals surface area (Å²) in [6, 6.07) is 9.08. The van der Waals surface area contributed by atoms with E-state index in [1.807, 2.05) is 30.3 Å². The van der Waals surface area contributed by atoms with Crippen LogP contribution in [0.25, 0.3) is 0 Å². The highest BCUT2D eigenvalue weighted by atomic mass is 35.5. The average Bonchev–Trinajstić information content (AvgIpc) is 2.90. The van der Waals surface area contributed by atoms with Crippen molar-refractivity contribution in [1.29, 1.82) is 0 Å². The Hall–Kier alpha value is -2.34. The topological polar surface area (TPSA) is 67.2 Å². The quantitative estimate of drug-likeness (QED) is 0.934. The fraction of sp³-hybridized carbons (Fsp3) is 0.267. The van der Waals surface area contributed by atoms with Gasteiger partial charge in [-0.25, -0.2) is 4.68 Å². The first-order chi connectivity index (χ1) is 10.6. The van der Waals surface area contributed by atoms with Gasteiger partial charge in [0.15, 0.2) is 0 Å². The molecule has 1 aromatic carbocycles. The number of para-hydroxylation sites is 1. The summed E-state index contributed by atoms with van der Waals surface area (Å²) in [6.45, 7) is 0.621. The number of amides is 1. The summed E-state index contributed by atoms with van der Waals surface area (Å²) in [5, 5.41) is 6.99. The maximum absolute atomic E-state index is 12.5. The van der Waals surface area contributed by atoms with Crippen LogP contribution in [-0.2, 0) is 11.8 Å². The molecule has 114 valence electrons. The van der Waals surface area contributed by atoms with Gasteiger partial charge in [0.25, 0.3) is 5.56 Å². The first-order valence-electron chi connectivity index (χ1n) is 6.92. The van der Waals surface area contributed by atoms with Crippen LogP contribution in [0.5, 0.6) is 0 Å². The number of halogens is 1. The minimum Gasteiger partial charge on any atom is -0.371 e. The molecular weight excluding hydrogens is 304 g/mol. The van der Waals surface area contributed by atoms with Crippen LogP contribution in [0.15, 0.2) is 41.3 Å². The fourth-order valence-electron chi connectivity index (χ4n) is 2.48. The van der Waals surface area contributed by atoms with Crippen LogP contribution in [0.1, 0.15) is 6.42 Å². The number of benzene rings is 1. The lowest BCUT2D eigenvalue weighted by Gasteiger charge is -2.18. The average molecular weight is 319 g/mol. The third-order valence-electron chi connectivity index (χ3n) is 3.68. The Labute approximate surface area is 132 Å². The molecule has 3 rings (SSSR count). The van der Waals surface area contributed by atoms with Crippen LogP contribution in [-0.4, -0.2) is 28.3 Å². The Morgan fingerprint density at radius 2 is 2.00 bits per heavy atom. The van der Waals surface area contributed by atoms with E-state index in [9.17, 15) is 9.59 Å². The van der Waals surface area contributed by atoms with Gasteiger partial charge in [0.1, 0.15) is 11.1 Å². The smallest absolute Gasteiger partial charge is 0.287 e. The molecule has 0 radical (unpaired) electrons. The number of aromatic nitrogens is 2. The lowest BCUT2D eigenvalue weighted by atomic mass is 10.2. The van der Waals surface area contributed by atoms with E-state index in [0.29, 0.717) is 18.7 Å². The summed E-state index contributed by atoms with van der Waals surface area (Å²) in [7, 11) is 1.52. The van der Waals surface area contributed by atoms with E-state index in [-0.39, 0.29) is 10.9 Å². The van der Waals surface area contributed by atoms with Crippen molar-refractivity contribution < 1.29 is 4.79 Å². The Balaban J connectivity index is 1.79. The molecular formula is C15H15ClN4O2. The van der Waals surface area contributed by atoms with Crippen molar-refractivity contribution >= 4 is 28.9 Å². The lowest BCUT2D eigenvalue weighted by Crippen LogP contribution is -2.34. The van der Waals surface area contributed by atoms with Crippen molar-refractivity contribution in [2.24, 2.45) is 7.05 Å². The van der Waals surface area contributed by atoms with Crippen molar-refractivity contribution in [3.8, 4) is 0 Å². The number of carbonyl (C=O) groups excluding carboxylic acids is 1. The first kappa shape index (κ1) is 14.6. The number of hydrogen-bond donors (Lipinski definition) is 1. The van der Waals surface area contributed by atoms with Gasteiger partial charge in [0.05, 0.1) is 11.9 Å². The van der Waals surface area contributed by atoms with E-state index < -0.39 is 11.6 Å². The van der Waals surface area contributed by atoms with Gasteiger partial charge < -0.3 is 10.2 Å². The summed E-state index contributed by atoms with van der Waals surface area (Å²) in [6.07, 6.45) is 2.10. The molecule has 1 unspecified atom stereocenters. The van der Waals surface area contributed by atoms with Crippen molar-refractivity contribution in [3.63, 3.8) is 0 Å². The van der Waals surface area contributed by atoms with E-state index in [1.54, 1.807) is 4.90 Å². The second kappa shape index (κ2) is 5.81. The number of aryl methyl sites for hydroxylation is 1. The standard InChI is InChI=1S/C15H15ClN4O2/c1-19-15(22)13(16)12(9-17-19)18-11-7-8-20(14(11)21)10-5-3-2-4-6-10/h2-6,9,11,18H,7-8H2,1H3. The summed E-state index contributed by atoms with van der Waals surface area (Å²) < 4.78 is 1.15. The van der Waals surface area contributed by atoms with Gasteiger partial charge in [-0.05, 0) is 18.6 Å². The molecule has 2 heterocycles. The van der Waals surface area contributed by atoms with Gasteiger partial charge in [-0.2, -0.15) is 5.10 Å². The summed E-state index contributed by atoms with van der Waals surface area (Å²) in [5.41, 5.74) is 0.861. The normalized spacial score (nSPS) is 17.8. The van der Waals surface area contributed by atoms with Gasteiger partial charge in [-0.3, -0.25) is 9.59 Å². The summed E-state index contributed by atoms with van der Waals surface area (Å²) >= 11 is 6.02. The number of hydrogen-bond acceptors (Lipinski definition) is 4. The van der Waals surface area contributed by atoms with Gasteiger partial charge in [0, 0.05) is 19.3 Å². The molecule has 7 heteroatoms. The fourth-order valence-corrected chi connectivity index (χ4v) is 2.70. The zero-order valence-corrected chi connectivity index (χ0v) is 12.7. The number of nitrogens with zero attached hydrogens (tertiary/aromatic N) is 3. The maximum atomic E-state index is 12.5. The molecule has 1 aliphatic rings. The Morgan fingerprint density at radius 3 is 2.73 bits per heavy atom. The third kappa shape index (κ3) is 2.57. The van der Waals surface area contributed by atoms with E-state index in [2.05, 4.69) is 10.4 Å². The molecule has 0 aliphatic carbocycles. The summed E-state index contributed by atoms with van der Waals surface area (Å²) in [5.74, 6) is -0.0389. The summed E-state index contributed by atoms with van der Waals surface area (Å²) in [4.78, 5) is 26.0. The number of nitrogens with one attached hydrogen (secondary N) is 1. The van der Waals surface area contributed by atoms with E-state index >= 15 is 0 Å². The highest BCUT2D eigenvalue weighted by Gasteiger charge is 2.33. The van der Waals surface area contributed by atoms with Crippen LogP contribution in [0.3, 0.4) is 0 Å². The van der Waals surface area contributed by atoms with E-state index in [0.717, 1.165) is 10.4 Å². The van der Waals surface area contributed by atoms with Gasteiger partial charge in [-0.1, -0.05) is 29.8 Å². The molecule has 1 atom stereocenters. The highest BCUT2D eigenvalue weighted by Crippen LogP contribution is 2.24. The maximum Gasteiger partial charge on any atom is 0.287 e. The minimum atomic E-state index is -0.411. The second-order valence-electron chi connectivity index (χ2n) is 5.11. The molecule has 1 N–H and O–H groups in total. The zero-order valence-electron chi connectivity index (χ0n) is 12.0. The van der Waals surface area contributed by atoms with Crippen LogP contribution in [0.2, 0.25) is 5.02 Å². The molecule has 1 fully saturated rings. The molecule has 1 saturated heterocycles. The largest absolute Gasteiger partial charge is 0.371 e. The van der Waals surface area contributed by atoms with Crippen LogP contribution < -0.4 is 15.8 Å². The SMILES string of the molecule is Cn1ncc(NC2CCN(c3ccccc3)C2=O)c(Cl)c1=O. The third-order valence-corrected chi connectivity index (χ3v) is 4.05. The van der Waals surface area contributed by atoms with Crippen molar-refractivity contribution in [3.05, 3.63) is 51.9 Å². The molecule has 0 spiro atoms. The monoisotopic (exact) mass is 318 g/mol. The molecule has 1 amide bonds. The molecule has 6 nitrogen and oxygen atoms in total. The van der Waals surface area contributed by atoms with Crippen molar-refractivity contribution in [2.45, 2.75) is 12.5 Å². The Morgan fingerprint density at radius 1 is 1.27 bits per heavy atom. The lowest BCUT2D eigenvalue weighted by molar-refractivity contribution is -0.117. The Bertz CT molecular complexity index is 760. The molecule has 1 aromatic heterocycles. The van der Waals surface area contributed by atoms with Crippen LogP contribution in [0, 0.1) is 0 Å².